The zero-order valence-electron chi connectivity index (χ0n) is 31.1. The molecule has 0 saturated heterocycles. The molecule has 267 valence electrons. The average Bonchev–Trinajstić information content (AvgIpc) is 3.15. The van der Waals surface area contributed by atoms with Crippen LogP contribution in [0.4, 0.5) is 0 Å². The number of aryl methyl sites for hydroxylation is 6. The smallest absolute Gasteiger partial charge is 0 e. The minimum absolute atomic E-state index is 0. The minimum atomic E-state index is -0.508. The van der Waals surface area contributed by atoms with Crippen LogP contribution in [0.2, 0.25) is 0 Å². The standard InChI is InChI=1S/2C21H21P.C4H5O.CO.Ir/c2*1-16-10-4-7-13-19(16)22(20-14-8-5-11-17(20)2)21-15-9-6-12-18(21)3;1-3-4-5-2;1-2;/h2*4-15H,1-3H3;4H2,2H3;;/q;;-1;;. The van der Waals surface area contributed by atoms with Crippen LogP contribution < -0.4 is 31.8 Å². The van der Waals surface area contributed by atoms with E-state index in [1.165, 1.54) is 72.3 Å². The second-order valence-corrected chi connectivity index (χ2v) is 16.2. The Hall–Kier alpha value is -3.91. The molecule has 0 N–H and O–H groups in total. The van der Waals surface area contributed by atoms with Gasteiger partial charge in [0.05, 0.1) is 6.61 Å². The van der Waals surface area contributed by atoms with E-state index in [0.717, 1.165) is 0 Å². The molecular weight excluding hydrogens is 851 g/mol. The van der Waals surface area contributed by atoms with Crippen molar-refractivity contribution in [2.75, 3.05) is 13.7 Å². The van der Waals surface area contributed by atoms with Gasteiger partial charge in [-0.15, -0.1) is 0 Å². The maximum Gasteiger partial charge on any atom is 0 e. The molecule has 52 heavy (non-hydrogen) atoms. The Morgan fingerprint density at radius 2 is 0.596 bits per heavy atom. The second kappa shape index (κ2) is 23.6. The molecular formula is C47H47IrO2P2-. The molecule has 0 amide bonds. The van der Waals surface area contributed by atoms with Gasteiger partial charge in [-0.05, 0) is 123 Å². The van der Waals surface area contributed by atoms with Crippen molar-refractivity contribution in [3.63, 3.8) is 0 Å². The zero-order chi connectivity index (χ0) is 37.2. The SMILES string of the molecule is Cc1ccccc1P(c1ccccc1C)c1ccccc1C.Cc1ccccc1P(c1ccccc1C)c1ccccc1C.[C-]#CCOC.[C-]#[O+].[Ir]. The molecule has 0 aliphatic heterocycles. The van der Waals surface area contributed by atoms with E-state index in [4.69, 9.17) is 11.1 Å². The van der Waals surface area contributed by atoms with Crippen LogP contribution in [0.25, 0.3) is 0 Å². The first-order valence-electron chi connectivity index (χ1n) is 16.8. The fourth-order valence-electron chi connectivity index (χ4n) is 5.74. The van der Waals surface area contributed by atoms with Crippen molar-refractivity contribution in [3.8, 4) is 5.92 Å². The van der Waals surface area contributed by atoms with Crippen LogP contribution >= 0.6 is 15.8 Å². The van der Waals surface area contributed by atoms with E-state index in [0.29, 0.717) is 6.61 Å². The van der Waals surface area contributed by atoms with E-state index in [1.54, 1.807) is 0 Å². The van der Waals surface area contributed by atoms with Gasteiger partial charge in [-0.25, -0.2) is 0 Å². The maximum atomic E-state index is 7.50. The Balaban J connectivity index is 0.000000301. The Morgan fingerprint density at radius 3 is 0.712 bits per heavy atom. The van der Waals surface area contributed by atoms with E-state index < -0.39 is 15.8 Å². The summed E-state index contributed by atoms with van der Waals surface area (Å²) in [6.45, 7) is 18.1. The van der Waals surface area contributed by atoms with E-state index in [9.17, 15) is 0 Å². The first-order valence-corrected chi connectivity index (χ1v) is 19.5. The van der Waals surface area contributed by atoms with Crippen molar-refractivity contribution in [2.24, 2.45) is 0 Å². The largest absolute Gasteiger partial charge is 0 e. The number of methoxy groups -OCH3 is 1. The fraction of sp³-hybridized carbons (Fsp3) is 0.170. The third-order valence-corrected chi connectivity index (χ3v) is 14.3. The Kier molecular flexibility index (Phi) is 20.1. The summed E-state index contributed by atoms with van der Waals surface area (Å²) in [5.41, 5.74) is 8.25. The fourth-order valence-corrected chi connectivity index (χ4v) is 11.3. The predicted molar refractivity (Wildman–Crippen MR) is 222 cm³/mol. The molecule has 0 spiro atoms. The number of hydrogen-bond acceptors (Lipinski definition) is 1. The van der Waals surface area contributed by atoms with Crippen molar-refractivity contribution in [3.05, 3.63) is 192 Å². The zero-order valence-corrected chi connectivity index (χ0v) is 35.3. The van der Waals surface area contributed by atoms with Gasteiger partial charge in [0.25, 0.3) is 0 Å². The first kappa shape index (κ1) is 44.3. The summed E-state index contributed by atoms with van der Waals surface area (Å²) < 4.78 is 11.9. The molecule has 0 aliphatic carbocycles. The quantitative estimate of drug-likeness (QED) is 0.0682. The van der Waals surface area contributed by atoms with Crippen LogP contribution in [0, 0.1) is 60.5 Å². The van der Waals surface area contributed by atoms with Crippen molar-refractivity contribution < 1.29 is 29.5 Å². The molecule has 0 unspecified atom stereocenters. The molecule has 0 atom stereocenters. The monoisotopic (exact) mass is 898 g/mol. The first-order chi connectivity index (χ1) is 24.8. The van der Waals surface area contributed by atoms with Gasteiger partial charge in [-0.1, -0.05) is 146 Å². The molecule has 0 heterocycles. The third-order valence-electron chi connectivity index (χ3n) is 8.35. The normalized spacial score (nSPS) is 9.88. The molecule has 2 nitrogen and oxygen atoms in total. The molecule has 6 aromatic rings. The minimum Gasteiger partial charge on any atom is 0 e. The Labute approximate surface area is 328 Å². The van der Waals surface area contributed by atoms with E-state index >= 15 is 0 Å². The van der Waals surface area contributed by atoms with E-state index in [-0.39, 0.29) is 20.1 Å². The summed E-state index contributed by atoms with van der Waals surface area (Å²) in [7, 11) is 0.512. The van der Waals surface area contributed by atoms with Gasteiger partial charge in [-0.2, -0.15) is 0 Å². The summed E-state index contributed by atoms with van der Waals surface area (Å²) in [6.07, 6.45) is 6.23. The number of rotatable bonds is 7. The summed E-state index contributed by atoms with van der Waals surface area (Å²) in [6, 6.07) is 52.8. The van der Waals surface area contributed by atoms with Gasteiger partial charge in [0.15, 0.2) is 0 Å². The summed E-state index contributed by atoms with van der Waals surface area (Å²) >= 11 is 0. The molecule has 0 saturated carbocycles. The Bertz CT molecular complexity index is 1690. The van der Waals surface area contributed by atoms with Crippen LogP contribution in [0.1, 0.15) is 33.4 Å². The van der Waals surface area contributed by atoms with E-state index in [2.05, 4.69) is 199 Å². The van der Waals surface area contributed by atoms with Crippen LogP contribution in [-0.2, 0) is 29.5 Å². The van der Waals surface area contributed by atoms with Gasteiger partial charge in [0.2, 0.25) is 0 Å². The average molecular weight is 898 g/mol. The summed E-state index contributed by atoms with van der Waals surface area (Å²) in [5.74, 6) is 2.05. The maximum absolute atomic E-state index is 7.50. The number of ether oxygens (including phenoxy) is 1. The predicted octanol–water partition coefficient (Wildman–Crippen LogP) is 8.92. The number of benzene rings is 6. The van der Waals surface area contributed by atoms with Crippen LogP contribution in [0.5, 0.6) is 0 Å². The van der Waals surface area contributed by atoms with Crippen LogP contribution in [0.15, 0.2) is 146 Å². The van der Waals surface area contributed by atoms with Crippen LogP contribution in [0.3, 0.4) is 0 Å². The van der Waals surface area contributed by atoms with Crippen molar-refractivity contribution in [2.45, 2.75) is 41.5 Å². The Morgan fingerprint density at radius 1 is 0.423 bits per heavy atom. The van der Waals surface area contributed by atoms with Gasteiger partial charge in [0.1, 0.15) is 0 Å². The van der Waals surface area contributed by atoms with Crippen molar-refractivity contribution in [1.82, 2.24) is 0 Å². The van der Waals surface area contributed by atoms with Crippen molar-refractivity contribution in [1.29, 1.82) is 0 Å². The molecule has 6 rings (SSSR count). The van der Waals surface area contributed by atoms with Crippen LogP contribution in [-0.4, -0.2) is 13.7 Å². The van der Waals surface area contributed by atoms with Gasteiger partial charge < -0.3 is 17.1 Å². The van der Waals surface area contributed by atoms with Gasteiger partial charge >= 0.3 is 11.3 Å². The topological polar surface area (TPSA) is 29.1 Å². The molecule has 0 bridgehead atoms. The molecule has 6 aromatic carbocycles. The molecule has 0 aromatic heterocycles. The van der Waals surface area contributed by atoms with Crippen molar-refractivity contribution >= 4 is 47.7 Å². The molecule has 0 fully saturated rings. The summed E-state index contributed by atoms with van der Waals surface area (Å²) in [4.78, 5) is 0. The van der Waals surface area contributed by atoms with Gasteiger partial charge in [-0.3, -0.25) is 0 Å². The molecule has 5 heteroatoms. The number of hydrogen-bond donors (Lipinski definition) is 0. The van der Waals surface area contributed by atoms with E-state index in [1.807, 2.05) is 5.92 Å². The summed E-state index contributed by atoms with van der Waals surface area (Å²) in [5, 5.41) is 8.76. The second-order valence-electron chi connectivity index (χ2n) is 12.0. The van der Waals surface area contributed by atoms with Gasteiger partial charge in [0, 0.05) is 27.2 Å². The third kappa shape index (κ3) is 12.1. The molecule has 0 aliphatic rings. The molecule has 1 radical (unpaired) electrons.